The van der Waals surface area contributed by atoms with Gasteiger partial charge in [0.2, 0.25) is 0 Å². The highest BCUT2D eigenvalue weighted by atomic mass is 31.2. The molecule has 0 spiro atoms. The van der Waals surface area contributed by atoms with Gasteiger partial charge in [0.25, 0.3) is 0 Å². The van der Waals surface area contributed by atoms with Gasteiger partial charge in [0.1, 0.15) is 28.6 Å². The van der Waals surface area contributed by atoms with E-state index in [1.165, 1.54) is 5.56 Å². The lowest BCUT2D eigenvalue weighted by atomic mass is 9.80. The first-order valence-electron chi connectivity index (χ1n) is 21.0. The summed E-state index contributed by atoms with van der Waals surface area (Å²) in [5, 5.41) is 0. The predicted octanol–water partition coefficient (Wildman–Crippen LogP) is 15.8. The average molecular weight is 825 g/mol. The molecule has 0 aromatic heterocycles. The molecule has 0 N–H and O–H groups in total. The zero-order valence-corrected chi connectivity index (χ0v) is 41.3. The largest absolute Gasteiger partial charge is 0.530 e. The molecule has 1 atom stereocenters. The van der Waals surface area contributed by atoms with Crippen molar-refractivity contribution < 1.29 is 27.8 Å². The summed E-state index contributed by atoms with van der Waals surface area (Å²) < 4.78 is 34.0. The molecule has 0 amide bonds. The third-order valence-electron chi connectivity index (χ3n) is 10.6. The Labute approximate surface area is 358 Å². The van der Waals surface area contributed by atoms with E-state index in [4.69, 9.17) is 23.0 Å². The van der Waals surface area contributed by atoms with Crippen molar-refractivity contribution in [3.63, 3.8) is 0 Å². The van der Waals surface area contributed by atoms with Crippen molar-refractivity contribution in [1.29, 1.82) is 0 Å². The second-order valence-corrected chi connectivity index (χ2v) is 22.7. The maximum absolute atomic E-state index is 13.6. The molecule has 4 aromatic carbocycles. The molecule has 0 saturated carbocycles. The van der Waals surface area contributed by atoms with E-state index in [0.29, 0.717) is 11.5 Å². The van der Waals surface area contributed by atoms with E-state index in [2.05, 4.69) is 174 Å². The Kier molecular flexibility index (Phi) is 13.6. The van der Waals surface area contributed by atoms with E-state index in [1.54, 1.807) is 0 Å². The molecule has 4 rings (SSSR count). The van der Waals surface area contributed by atoms with Crippen LogP contribution in [0.2, 0.25) is 0 Å². The van der Waals surface area contributed by atoms with Crippen LogP contribution in [0, 0.1) is 48.5 Å². The fraction of sp³-hybridized carbons (Fsp3) is 0.519. The second kappa shape index (κ2) is 16.8. The lowest BCUT2D eigenvalue weighted by Gasteiger charge is -2.32. The summed E-state index contributed by atoms with van der Waals surface area (Å²) >= 11 is 0. The van der Waals surface area contributed by atoms with Crippen LogP contribution in [0.5, 0.6) is 23.0 Å². The normalized spacial score (nSPS) is 13.3. The van der Waals surface area contributed by atoms with Gasteiger partial charge in [-0.25, -0.2) is 4.79 Å². The maximum atomic E-state index is 13.6. The number of carbonyl (C=O) groups is 1. The number of rotatable bonds is 8. The van der Waals surface area contributed by atoms with Crippen LogP contribution in [0.25, 0.3) is 11.1 Å². The number of benzene rings is 4. The maximum Gasteiger partial charge on any atom is 0.530 e. The summed E-state index contributed by atoms with van der Waals surface area (Å²) in [5.74, 6) is 2.55. The molecule has 322 valence electrons. The summed E-state index contributed by atoms with van der Waals surface area (Å²) in [4.78, 5) is 13.6. The summed E-state index contributed by atoms with van der Waals surface area (Å²) in [6.07, 6.45) is -0.766. The van der Waals surface area contributed by atoms with Gasteiger partial charge in [0, 0.05) is 33.4 Å². The van der Waals surface area contributed by atoms with Crippen molar-refractivity contribution in [3.8, 4) is 34.1 Å². The molecule has 1 unspecified atom stereocenters. The smallest absolute Gasteiger partial charge is 0.428 e. The minimum Gasteiger partial charge on any atom is -0.428 e. The summed E-state index contributed by atoms with van der Waals surface area (Å²) in [6.45, 7) is 46.5. The van der Waals surface area contributed by atoms with Crippen LogP contribution in [0.4, 0.5) is 4.79 Å². The molecular formula is C52H73O6P. The first-order valence-corrected chi connectivity index (χ1v) is 22.1. The Morgan fingerprint density at radius 2 is 0.797 bits per heavy atom. The van der Waals surface area contributed by atoms with Crippen LogP contribution in [-0.4, -0.2) is 11.8 Å². The monoisotopic (exact) mass is 825 g/mol. The van der Waals surface area contributed by atoms with Gasteiger partial charge < -0.3 is 23.0 Å². The zero-order chi connectivity index (χ0) is 45.0. The highest BCUT2D eigenvalue weighted by Crippen LogP contribution is 2.55. The van der Waals surface area contributed by atoms with E-state index in [1.807, 2.05) is 20.8 Å². The molecule has 59 heavy (non-hydrogen) atoms. The fourth-order valence-corrected chi connectivity index (χ4v) is 8.50. The molecular weight excluding hydrogens is 752 g/mol. The molecule has 6 nitrogen and oxygen atoms in total. The number of ether oxygens (including phenoxy) is 2. The highest BCUT2D eigenvalue weighted by Gasteiger charge is 2.36. The number of aryl methyl sites for hydroxylation is 5. The van der Waals surface area contributed by atoms with Crippen molar-refractivity contribution in [2.75, 3.05) is 0 Å². The highest BCUT2D eigenvalue weighted by molar-refractivity contribution is 7.43. The lowest BCUT2D eigenvalue weighted by molar-refractivity contribution is 0.0204. The Balaban J connectivity index is 2.15. The van der Waals surface area contributed by atoms with Crippen LogP contribution in [0.3, 0.4) is 0 Å². The summed E-state index contributed by atoms with van der Waals surface area (Å²) in [6, 6.07) is 15.0. The van der Waals surface area contributed by atoms with Gasteiger partial charge in [-0.2, -0.15) is 0 Å². The average Bonchev–Trinajstić information content (AvgIpc) is 3.04. The zero-order valence-electron chi connectivity index (χ0n) is 40.4. The van der Waals surface area contributed by atoms with E-state index < -0.39 is 20.4 Å². The number of carbonyl (C=O) groups excluding carboxylic acids is 1. The van der Waals surface area contributed by atoms with Crippen molar-refractivity contribution in [2.24, 2.45) is 0 Å². The molecule has 7 heteroatoms. The van der Waals surface area contributed by atoms with E-state index in [9.17, 15) is 4.79 Å². The van der Waals surface area contributed by atoms with Crippen LogP contribution in [-0.2, 0) is 26.4 Å². The fourth-order valence-electron chi connectivity index (χ4n) is 7.27. The Morgan fingerprint density at radius 1 is 0.424 bits per heavy atom. The molecule has 0 aliphatic heterocycles. The lowest BCUT2D eigenvalue weighted by Crippen LogP contribution is -2.27. The Bertz CT molecular complexity index is 2210. The number of hydrogen-bond donors (Lipinski definition) is 0. The third-order valence-corrected chi connectivity index (χ3v) is 11.6. The van der Waals surface area contributed by atoms with E-state index in [0.717, 1.165) is 78.3 Å². The molecule has 0 fully saturated rings. The SMILES string of the molecule is Cc1cc(C)c(OP(Oc2c(-c3cc(C)cc(C(C)(C)C)c3OC(=O)OC(C)(C)C)cc(C)cc2C(C)(C)C)Oc2c(C(C)(C)C)cc(C)c(C)c2C)c(C(C)(C)C)c1. The second-order valence-electron chi connectivity index (χ2n) is 21.7. The van der Waals surface area contributed by atoms with Gasteiger partial charge in [0.15, 0.2) is 0 Å². The molecule has 0 bridgehead atoms. The standard InChI is InChI=1S/C52H73O6P/c1-30-23-34(5)43(39(26-30)48(8,9)10)56-59(57-44-36(7)35(6)33(4)29-42(44)51(17,18)19)58-46-38(25-32(3)28-41(46)50(14,15)16)37-24-31(2)27-40(49(11,12)13)45(37)54-47(53)55-52(20,21)22/h23-29H,1-22H3. The summed E-state index contributed by atoms with van der Waals surface area (Å²) in [7, 11) is -2.18. The van der Waals surface area contributed by atoms with Gasteiger partial charge in [-0.3, -0.25) is 0 Å². The van der Waals surface area contributed by atoms with Gasteiger partial charge >= 0.3 is 14.8 Å². The third kappa shape index (κ3) is 11.4. The first kappa shape index (κ1) is 47.7. The van der Waals surface area contributed by atoms with Gasteiger partial charge in [-0.1, -0.05) is 119 Å². The topological polar surface area (TPSA) is 63.2 Å². The molecule has 0 radical (unpaired) electrons. The molecule has 0 heterocycles. The Morgan fingerprint density at radius 3 is 1.25 bits per heavy atom. The van der Waals surface area contributed by atoms with Crippen LogP contribution in [0.15, 0.2) is 42.5 Å². The van der Waals surface area contributed by atoms with Crippen molar-refractivity contribution in [2.45, 2.75) is 180 Å². The first-order chi connectivity index (χ1) is 26.7. The summed E-state index contributed by atoms with van der Waals surface area (Å²) in [5.41, 5.74) is 11.2. The quantitative estimate of drug-likeness (QED) is 0.100. The van der Waals surface area contributed by atoms with Crippen LogP contribution in [0.1, 0.15) is 165 Å². The van der Waals surface area contributed by atoms with Crippen LogP contribution >= 0.6 is 8.60 Å². The minimum absolute atomic E-state index is 0.232. The van der Waals surface area contributed by atoms with Gasteiger partial charge in [-0.05, 0) is 136 Å². The van der Waals surface area contributed by atoms with Crippen molar-refractivity contribution >= 4 is 14.8 Å². The predicted molar refractivity (Wildman–Crippen MR) is 248 cm³/mol. The molecule has 0 saturated heterocycles. The number of hydrogen-bond acceptors (Lipinski definition) is 6. The van der Waals surface area contributed by atoms with Crippen molar-refractivity contribution in [3.05, 3.63) is 104 Å². The van der Waals surface area contributed by atoms with Gasteiger partial charge in [-0.15, -0.1) is 0 Å². The van der Waals surface area contributed by atoms with Crippen molar-refractivity contribution in [1.82, 2.24) is 0 Å². The minimum atomic E-state index is -2.18. The molecule has 0 aliphatic rings. The van der Waals surface area contributed by atoms with E-state index in [-0.39, 0.29) is 21.7 Å². The molecule has 0 aliphatic carbocycles. The molecule has 4 aromatic rings. The van der Waals surface area contributed by atoms with E-state index >= 15 is 0 Å². The van der Waals surface area contributed by atoms with Gasteiger partial charge in [0.05, 0.1) is 0 Å². The Hall–Kier alpha value is -4.02. The van der Waals surface area contributed by atoms with Crippen LogP contribution < -0.4 is 18.3 Å².